The first-order valence-electron chi connectivity index (χ1n) is 11.6. The zero-order valence-corrected chi connectivity index (χ0v) is 20.0. The number of amides is 3. The van der Waals surface area contributed by atoms with Crippen molar-refractivity contribution in [1.29, 1.82) is 0 Å². The van der Waals surface area contributed by atoms with Gasteiger partial charge >= 0.3 is 12.0 Å². The Labute approximate surface area is 198 Å². The molecule has 2 heterocycles. The summed E-state index contributed by atoms with van der Waals surface area (Å²) >= 11 is 0. The summed E-state index contributed by atoms with van der Waals surface area (Å²) in [5.74, 6) is -1.76. The van der Waals surface area contributed by atoms with Crippen LogP contribution in [0, 0.1) is 0 Å². The molecule has 34 heavy (non-hydrogen) atoms. The monoisotopic (exact) mass is 491 g/mol. The van der Waals surface area contributed by atoms with Crippen molar-refractivity contribution < 1.29 is 32.3 Å². The van der Waals surface area contributed by atoms with E-state index in [-0.39, 0.29) is 10.5 Å². The highest BCUT2D eigenvalue weighted by Crippen LogP contribution is 2.39. The van der Waals surface area contributed by atoms with Gasteiger partial charge in [0.25, 0.3) is 5.91 Å². The van der Waals surface area contributed by atoms with Crippen molar-refractivity contribution in [3.63, 3.8) is 0 Å². The Morgan fingerprint density at radius 3 is 2.21 bits per heavy atom. The third-order valence-corrected chi connectivity index (χ3v) is 8.93. The highest BCUT2D eigenvalue weighted by Gasteiger charge is 2.56. The van der Waals surface area contributed by atoms with E-state index < -0.39 is 52.4 Å². The topological polar surface area (TPSA) is 121 Å². The maximum Gasteiger partial charge on any atom is 0.327 e. The molecule has 1 spiro atoms. The second-order valence-corrected chi connectivity index (χ2v) is 11.0. The molecule has 3 amide bonds. The first kappa shape index (κ1) is 24.3. The fourth-order valence-electron chi connectivity index (χ4n) is 4.97. The van der Waals surface area contributed by atoms with E-state index in [1.807, 2.05) is 0 Å². The molecule has 0 aromatic heterocycles. The van der Waals surface area contributed by atoms with Crippen LogP contribution in [-0.2, 0) is 24.3 Å². The van der Waals surface area contributed by atoms with Gasteiger partial charge in [0, 0.05) is 25.7 Å². The SMILES string of the molecule is CN1C(=O)N(CC(=O)OCC(=O)c2ccc(S(=O)(=O)N3CCCC3)cc2)C(=O)C12CCCCC2. The van der Waals surface area contributed by atoms with E-state index in [1.54, 1.807) is 7.05 Å². The molecule has 3 aliphatic rings. The fourth-order valence-corrected chi connectivity index (χ4v) is 6.48. The van der Waals surface area contributed by atoms with Gasteiger partial charge in [0.05, 0.1) is 4.90 Å². The van der Waals surface area contributed by atoms with Crippen LogP contribution in [0.4, 0.5) is 4.79 Å². The van der Waals surface area contributed by atoms with Crippen LogP contribution >= 0.6 is 0 Å². The molecule has 2 aliphatic heterocycles. The second kappa shape index (κ2) is 9.46. The zero-order valence-electron chi connectivity index (χ0n) is 19.2. The normalized spacial score (nSPS) is 20.9. The Bertz CT molecular complexity index is 1090. The van der Waals surface area contributed by atoms with Gasteiger partial charge in [-0.3, -0.25) is 19.3 Å². The van der Waals surface area contributed by atoms with Crippen molar-refractivity contribution in [3.8, 4) is 0 Å². The van der Waals surface area contributed by atoms with Crippen LogP contribution in [0.5, 0.6) is 0 Å². The number of sulfonamides is 1. The zero-order chi connectivity index (χ0) is 24.5. The number of hydrogen-bond donors (Lipinski definition) is 0. The van der Waals surface area contributed by atoms with Crippen molar-refractivity contribution in [1.82, 2.24) is 14.1 Å². The molecule has 1 aromatic rings. The highest BCUT2D eigenvalue weighted by molar-refractivity contribution is 7.89. The Balaban J connectivity index is 1.33. The molecular weight excluding hydrogens is 462 g/mol. The predicted octanol–water partition coefficient (Wildman–Crippen LogP) is 1.79. The number of urea groups is 1. The maximum atomic E-state index is 12.9. The lowest BCUT2D eigenvalue weighted by atomic mass is 9.81. The Morgan fingerprint density at radius 2 is 1.59 bits per heavy atom. The minimum Gasteiger partial charge on any atom is -0.456 e. The van der Waals surface area contributed by atoms with Gasteiger partial charge in [-0.15, -0.1) is 0 Å². The van der Waals surface area contributed by atoms with E-state index in [9.17, 15) is 27.6 Å². The molecule has 1 saturated carbocycles. The number of imide groups is 1. The number of hydrogen-bond acceptors (Lipinski definition) is 7. The fraction of sp³-hybridized carbons (Fsp3) is 0.565. The molecule has 184 valence electrons. The molecule has 11 heteroatoms. The number of Topliss-reactive ketones (excluding diaryl/α,β-unsaturated/α-hetero) is 1. The third kappa shape index (κ3) is 4.34. The lowest BCUT2D eigenvalue weighted by Gasteiger charge is -2.35. The molecule has 2 saturated heterocycles. The van der Waals surface area contributed by atoms with Crippen LogP contribution in [0.3, 0.4) is 0 Å². The Hall–Kier alpha value is -2.79. The third-order valence-electron chi connectivity index (χ3n) is 7.01. The highest BCUT2D eigenvalue weighted by atomic mass is 32.2. The summed E-state index contributed by atoms with van der Waals surface area (Å²) in [5.41, 5.74) is -0.690. The van der Waals surface area contributed by atoms with Crippen LogP contribution in [-0.4, -0.2) is 85.0 Å². The lowest BCUT2D eigenvalue weighted by molar-refractivity contribution is -0.147. The van der Waals surface area contributed by atoms with Crippen molar-refractivity contribution in [3.05, 3.63) is 29.8 Å². The summed E-state index contributed by atoms with van der Waals surface area (Å²) in [6, 6.07) is 4.96. The van der Waals surface area contributed by atoms with Crippen LogP contribution in [0.1, 0.15) is 55.3 Å². The molecule has 0 radical (unpaired) electrons. The van der Waals surface area contributed by atoms with Gasteiger partial charge in [0.15, 0.2) is 12.4 Å². The van der Waals surface area contributed by atoms with Crippen molar-refractivity contribution in [2.24, 2.45) is 0 Å². The molecule has 0 bridgehead atoms. The minimum atomic E-state index is -3.58. The van der Waals surface area contributed by atoms with Crippen LogP contribution in [0.15, 0.2) is 29.2 Å². The minimum absolute atomic E-state index is 0.106. The number of esters is 1. The summed E-state index contributed by atoms with van der Waals surface area (Å²) in [7, 11) is -2.01. The first-order chi connectivity index (χ1) is 16.2. The van der Waals surface area contributed by atoms with Gasteiger partial charge < -0.3 is 9.64 Å². The summed E-state index contributed by atoms with van der Waals surface area (Å²) in [6.45, 7) is -0.159. The molecule has 1 aromatic carbocycles. The first-order valence-corrected chi connectivity index (χ1v) is 13.0. The van der Waals surface area contributed by atoms with Crippen LogP contribution in [0.2, 0.25) is 0 Å². The van der Waals surface area contributed by atoms with E-state index >= 15 is 0 Å². The molecule has 3 fully saturated rings. The number of ketones is 1. The molecule has 10 nitrogen and oxygen atoms in total. The summed E-state index contributed by atoms with van der Waals surface area (Å²) in [5, 5.41) is 0. The van der Waals surface area contributed by atoms with Crippen LogP contribution in [0.25, 0.3) is 0 Å². The quantitative estimate of drug-likeness (QED) is 0.324. The van der Waals surface area contributed by atoms with E-state index in [1.165, 1.54) is 33.5 Å². The molecule has 0 atom stereocenters. The van der Waals surface area contributed by atoms with Crippen molar-refractivity contribution in [2.75, 3.05) is 33.3 Å². The largest absolute Gasteiger partial charge is 0.456 e. The Morgan fingerprint density at radius 1 is 0.971 bits per heavy atom. The predicted molar refractivity (Wildman–Crippen MR) is 120 cm³/mol. The average molecular weight is 492 g/mol. The molecule has 1 aliphatic carbocycles. The van der Waals surface area contributed by atoms with Gasteiger partial charge in [-0.2, -0.15) is 4.31 Å². The lowest BCUT2D eigenvalue weighted by Crippen LogP contribution is -2.49. The van der Waals surface area contributed by atoms with Gasteiger partial charge in [0.1, 0.15) is 12.1 Å². The molecule has 0 unspecified atom stereocenters. The molecule has 4 rings (SSSR count). The molecule has 0 N–H and O–H groups in total. The number of carbonyl (C=O) groups excluding carboxylic acids is 4. The van der Waals surface area contributed by atoms with E-state index in [2.05, 4.69) is 0 Å². The average Bonchev–Trinajstić information content (AvgIpc) is 3.45. The number of likely N-dealkylation sites (N-methyl/N-ethyl adjacent to an activating group) is 1. The number of benzene rings is 1. The summed E-state index contributed by atoms with van der Waals surface area (Å²) in [6.07, 6.45) is 5.48. The van der Waals surface area contributed by atoms with Crippen molar-refractivity contribution >= 4 is 33.7 Å². The maximum absolute atomic E-state index is 12.9. The number of rotatable bonds is 7. The van der Waals surface area contributed by atoms with Crippen molar-refractivity contribution in [2.45, 2.75) is 55.4 Å². The van der Waals surface area contributed by atoms with Gasteiger partial charge in [-0.05, 0) is 49.9 Å². The van der Waals surface area contributed by atoms with E-state index in [4.69, 9.17) is 4.74 Å². The second-order valence-electron chi connectivity index (χ2n) is 9.04. The Kier molecular flexibility index (Phi) is 6.77. The van der Waals surface area contributed by atoms with Crippen LogP contribution < -0.4 is 0 Å². The summed E-state index contributed by atoms with van der Waals surface area (Å²) < 4.78 is 31.6. The standard InChI is InChI=1S/C23H29N3O7S/c1-24-22(30)26(21(29)23(24)11-3-2-4-12-23)15-20(28)33-16-19(27)17-7-9-18(10-8-17)34(31,32)25-13-5-6-14-25/h7-10H,2-6,11-16H2,1H3. The summed E-state index contributed by atoms with van der Waals surface area (Å²) in [4.78, 5) is 52.7. The molecular formula is C23H29N3O7S. The number of nitrogens with zero attached hydrogens (tertiary/aromatic N) is 3. The number of ether oxygens (including phenoxy) is 1. The van der Waals surface area contributed by atoms with E-state index in [0.717, 1.165) is 37.0 Å². The van der Waals surface area contributed by atoms with Gasteiger partial charge in [-0.1, -0.05) is 19.3 Å². The van der Waals surface area contributed by atoms with Gasteiger partial charge in [-0.25, -0.2) is 13.2 Å². The smallest absolute Gasteiger partial charge is 0.327 e. The van der Waals surface area contributed by atoms with Gasteiger partial charge in [0.2, 0.25) is 10.0 Å². The van der Waals surface area contributed by atoms with E-state index in [0.29, 0.717) is 25.9 Å². The number of carbonyl (C=O) groups is 4.